The first-order valence-electron chi connectivity index (χ1n) is 8.60. The molecule has 0 aromatic carbocycles. The van der Waals surface area contributed by atoms with E-state index in [2.05, 4.69) is 39.8 Å². The fourth-order valence-corrected chi connectivity index (χ4v) is 2.40. The molecule has 116 valence electrons. The van der Waals surface area contributed by atoms with Crippen LogP contribution in [0, 0.1) is 12.8 Å². The largest absolute Gasteiger partial charge is 0.0998 e. The van der Waals surface area contributed by atoms with Crippen molar-refractivity contribution >= 4 is 0 Å². The number of allylic oxidation sites excluding steroid dienone is 2. The van der Waals surface area contributed by atoms with Gasteiger partial charge in [0.15, 0.2) is 0 Å². The van der Waals surface area contributed by atoms with E-state index < -0.39 is 0 Å². The molecule has 0 amide bonds. The molecule has 0 aromatic heterocycles. The van der Waals surface area contributed by atoms with Crippen LogP contribution in [0.4, 0.5) is 0 Å². The number of unbranched alkanes of at least 4 members (excludes halogenated alkanes) is 11. The Morgan fingerprint density at radius 1 is 0.550 bits per heavy atom. The normalized spacial score (nSPS) is 10.7. The van der Waals surface area contributed by atoms with Gasteiger partial charge >= 0.3 is 0 Å². The van der Waals surface area contributed by atoms with Gasteiger partial charge in [-0.15, -0.1) is 0 Å². The summed E-state index contributed by atoms with van der Waals surface area (Å²) in [5, 5.41) is 0. The first kappa shape index (κ1) is 19.5. The van der Waals surface area contributed by atoms with Crippen LogP contribution in [0.25, 0.3) is 0 Å². The molecule has 0 heteroatoms. The van der Waals surface area contributed by atoms with Gasteiger partial charge in [0.2, 0.25) is 0 Å². The van der Waals surface area contributed by atoms with E-state index in [0.29, 0.717) is 0 Å². The summed E-state index contributed by atoms with van der Waals surface area (Å²) in [6.45, 7) is 12.0. The van der Waals surface area contributed by atoms with Gasteiger partial charge < -0.3 is 0 Å². The molecule has 0 aliphatic heterocycles. The summed E-state index contributed by atoms with van der Waals surface area (Å²) >= 11 is 0. The van der Waals surface area contributed by atoms with Crippen LogP contribution in [0.5, 0.6) is 0 Å². The Hall–Kier alpha value is -0.520. The molecule has 0 saturated carbocycles. The van der Waals surface area contributed by atoms with E-state index in [1.54, 1.807) is 0 Å². The Bertz CT molecular complexity index is 210. The maximum atomic E-state index is 3.90. The summed E-state index contributed by atoms with van der Waals surface area (Å²) in [5.41, 5.74) is 2.43. The van der Waals surface area contributed by atoms with E-state index in [1.165, 1.54) is 88.2 Å². The van der Waals surface area contributed by atoms with Gasteiger partial charge in [-0.2, -0.15) is 0 Å². The molecule has 0 spiro atoms. The minimum Gasteiger partial charge on any atom is -0.0998 e. The SMILES string of the molecule is C=C(C)[CH]CCCCCCCCCCCC[CH]C(=C)C. The molecule has 0 heterocycles. The van der Waals surface area contributed by atoms with Crippen LogP contribution < -0.4 is 0 Å². The van der Waals surface area contributed by atoms with Crippen molar-refractivity contribution in [3.63, 3.8) is 0 Å². The van der Waals surface area contributed by atoms with Crippen molar-refractivity contribution in [1.29, 1.82) is 0 Å². The Balaban J connectivity index is 2.99. The van der Waals surface area contributed by atoms with E-state index in [9.17, 15) is 0 Å². The second-order valence-electron chi connectivity index (χ2n) is 6.21. The lowest BCUT2D eigenvalue weighted by molar-refractivity contribution is 0.550. The van der Waals surface area contributed by atoms with Crippen LogP contribution in [0.1, 0.15) is 90.9 Å². The molecule has 2 radical (unpaired) electrons. The Morgan fingerprint density at radius 2 is 0.800 bits per heavy atom. The zero-order valence-corrected chi connectivity index (χ0v) is 14.1. The van der Waals surface area contributed by atoms with Crippen molar-refractivity contribution in [1.82, 2.24) is 0 Å². The van der Waals surface area contributed by atoms with E-state index in [0.717, 1.165) is 0 Å². The number of hydrogen-bond donors (Lipinski definition) is 0. The van der Waals surface area contributed by atoms with Crippen molar-refractivity contribution in [2.45, 2.75) is 90.9 Å². The molecule has 0 atom stereocenters. The van der Waals surface area contributed by atoms with Crippen LogP contribution in [-0.2, 0) is 0 Å². The highest BCUT2D eigenvalue weighted by Crippen LogP contribution is 2.14. The molecule has 0 aromatic rings. The first-order valence-corrected chi connectivity index (χ1v) is 8.60. The average Bonchev–Trinajstić information content (AvgIpc) is 2.38. The molecule has 20 heavy (non-hydrogen) atoms. The topological polar surface area (TPSA) is 0 Å². The second-order valence-corrected chi connectivity index (χ2v) is 6.21. The summed E-state index contributed by atoms with van der Waals surface area (Å²) in [4.78, 5) is 0. The molecule has 0 unspecified atom stereocenters. The van der Waals surface area contributed by atoms with Gasteiger partial charge in [0.05, 0.1) is 0 Å². The smallest absolute Gasteiger partial charge is 0.0143 e. The summed E-state index contributed by atoms with van der Waals surface area (Å²) in [6.07, 6.45) is 21.0. The second kappa shape index (κ2) is 14.9. The van der Waals surface area contributed by atoms with Crippen molar-refractivity contribution in [3.8, 4) is 0 Å². The van der Waals surface area contributed by atoms with Gasteiger partial charge in [-0.05, 0) is 39.5 Å². The van der Waals surface area contributed by atoms with Crippen LogP contribution in [0.15, 0.2) is 24.3 Å². The maximum absolute atomic E-state index is 3.90. The van der Waals surface area contributed by atoms with Gasteiger partial charge in [0.25, 0.3) is 0 Å². The van der Waals surface area contributed by atoms with Crippen LogP contribution in [-0.4, -0.2) is 0 Å². The third-order valence-corrected chi connectivity index (χ3v) is 3.64. The highest BCUT2D eigenvalue weighted by Gasteiger charge is 1.94. The van der Waals surface area contributed by atoms with Gasteiger partial charge in [-0.25, -0.2) is 0 Å². The third kappa shape index (κ3) is 17.5. The molecular weight excluding hydrogens is 240 g/mol. The van der Waals surface area contributed by atoms with Crippen molar-refractivity contribution < 1.29 is 0 Å². The minimum atomic E-state index is 1.21. The molecular formula is C20H36. The highest BCUT2D eigenvalue weighted by molar-refractivity contribution is 5.03. The van der Waals surface area contributed by atoms with Crippen LogP contribution >= 0.6 is 0 Å². The maximum Gasteiger partial charge on any atom is -0.0143 e. The van der Waals surface area contributed by atoms with E-state index in [-0.39, 0.29) is 0 Å². The van der Waals surface area contributed by atoms with Crippen molar-refractivity contribution in [2.75, 3.05) is 0 Å². The van der Waals surface area contributed by atoms with Crippen LogP contribution in [0.3, 0.4) is 0 Å². The minimum absolute atomic E-state index is 1.21. The molecule has 0 aliphatic carbocycles. The Labute approximate surface area is 128 Å². The van der Waals surface area contributed by atoms with Gasteiger partial charge in [0.1, 0.15) is 0 Å². The summed E-state index contributed by atoms with van der Waals surface area (Å²) in [5.74, 6) is 0. The zero-order chi connectivity index (χ0) is 15.1. The summed E-state index contributed by atoms with van der Waals surface area (Å²) in [7, 11) is 0. The average molecular weight is 277 g/mol. The summed E-state index contributed by atoms with van der Waals surface area (Å²) in [6, 6.07) is 0. The quantitative estimate of drug-likeness (QED) is 0.277. The molecule has 0 nitrogen and oxygen atoms in total. The van der Waals surface area contributed by atoms with Gasteiger partial charge in [-0.1, -0.05) is 88.5 Å². The third-order valence-electron chi connectivity index (χ3n) is 3.64. The molecule has 0 N–H and O–H groups in total. The molecule has 0 aliphatic rings. The summed E-state index contributed by atoms with van der Waals surface area (Å²) < 4.78 is 0. The fourth-order valence-electron chi connectivity index (χ4n) is 2.40. The number of rotatable bonds is 15. The van der Waals surface area contributed by atoms with Crippen LogP contribution in [0.2, 0.25) is 0 Å². The van der Waals surface area contributed by atoms with Gasteiger partial charge in [-0.3, -0.25) is 0 Å². The van der Waals surface area contributed by atoms with E-state index in [4.69, 9.17) is 0 Å². The molecule has 0 bridgehead atoms. The highest BCUT2D eigenvalue weighted by atomic mass is 14.0. The van der Waals surface area contributed by atoms with E-state index >= 15 is 0 Å². The van der Waals surface area contributed by atoms with Crippen molar-refractivity contribution in [2.24, 2.45) is 0 Å². The number of hydrogen-bond acceptors (Lipinski definition) is 0. The van der Waals surface area contributed by atoms with Crippen molar-refractivity contribution in [3.05, 3.63) is 37.1 Å². The zero-order valence-electron chi connectivity index (χ0n) is 14.1. The lowest BCUT2D eigenvalue weighted by Crippen LogP contribution is -1.84. The molecule has 0 saturated heterocycles. The first-order chi connectivity index (χ1) is 9.63. The van der Waals surface area contributed by atoms with Gasteiger partial charge in [0, 0.05) is 0 Å². The molecule has 0 fully saturated rings. The standard InChI is InChI=1S/C20H36/c1-19(2)17-15-13-11-9-7-5-6-8-10-12-14-16-18-20(3)4/h17-18H,1,3,5-16H2,2,4H3. The molecule has 0 rings (SSSR count). The fraction of sp³-hybridized carbons (Fsp3) is 0.700. The lowest BCUT2D eigenvalue weighted by atomic mass is 10.0. The van der Waals surface area contributed by atoms with E-state index in [1.807, 2.05) is 0 Å². The predicted molar refractivity (Wildman–Crippen MR) is 93.6 cm³/mol. The predicted octanol–water partition coefficient (Wildman–Crippen LogP) is 7.23. The lowest BCUT2D eigenvalue weighted by Gasteiger charge is -2.03. The Morgan fingerprint density at radius 3 is 1.05 bits per heavy atom. The Kier molecular flexibility index (Phi) is 14.5. The monoisotopic (exact) mass is 276 g/mol.